The molecule has 0 amide bonds. The van der Waals surface area contributed by atoms with Crippen LogP contribution in [0.3, 0.4) is 0 Å². The molecule has 1 aliphatic heterocycles. The molecule has 4 nitrogen and oxygen atoms in total. The lowest BCUT2D eigenvalue weighted by Gasteiger charge is -2.14. The van der Waals surface area contributed by atoms with Crippen LogP contribution in [0.5, 0.6) is 11.5 Å². The highest BCUT2D eigenvalue weighted by molar-refractivity contribution is 5.48. The van der Waals surface area contributed by atoms with Crippen molar-refractivity contribution in [1.82, 2.24) is 5.32 Å². The molecule has 0 saturated carbocycles. The summed E-state index contributed by atoms with van der Waals surface area (Å²) in [6.07, 6.45) is 1.00. The molecule has 17 heavy (non-hydrogen) atoms. The van der Waals surface area contributed by atoms with Crippen LogP contribution in [0.4, 0.5) is 0 Å². The maximum atomic E-state index is 5.46. The average molecular weight is 237 g/mol. The number of para-hydroxylation sites is 1. The molecule has 2 rings (SSSR count). The Morgan fingerprint density at radius 1 is 1.41 bits per heavy atom. The van der Waals surface area contributed by atoms with E-state index in [2.05, 4.69) is 18.3 Å². The van der Waals surface area contributed by atoms with Crippen molar-refractivity contribution < 1.29 is 14.2 Å². The van der Waals surface area contributed by atoms with E-state index in [1.54, 1.807) is 7.11 Å². The molecule has 1 unspecified atom stereocenters. The summed E-state index contributed by atoms with van der Waals surface area (Å²) in [5, 5.41) is 3.45. The molecule has 0 aromatic heterocycles. The Balaban J connectivity index is 1.89. The van der Waals surface area contributed by atoms with Crippen molar-refractivity contribution in [3.8, 4) is 11.5 Å². The number of hydrogen-bond donors (Lipinski definition) is 1. The second-order valence-corrected chi connectivity index (χ2v) is 4.21. The molecule has 1 heterocycles. The lowest BCUT2D eigenvalue weighted by Crippen LogP contribution is -2.26. The average Bonchev–Trinajstić information content (AvgIpc) is 2.82. The van der Waals surface area contributed by atoms with Gasteiger partial charge in [0.05, 0.1) is 0 Å². The first-order valence-electron chi connectivity index (χ1n) is 5.91. The van der Waals surface area contributed by atoms with Gasteiger partial charge in [0.15, 0.2) is 11.5 Å². The molecule has 0 fully saturated rings. The molecule has 0 radical (unpaired) electrons. The maximum absolute atomic E-state index is 5.46. The Labute approximate surface area is 102 Å². The summed E-state index contributed by atoms with van der Waals surface area (Å²) in [6, 6.07) is 6.40. The van der Waals surface area contributed by atoms with Gasteiger partial charge in [-0.2, -0.15) is 0 Å². The number of rotatable bonds is 6. The van der Waals surface area contributed by atoms with Crippen molar-refractivity contribution in [2.24, 2.45) is 0 Å². The zero-order valence-corrected chi connectivity index (χ0v) is 10.4. The molecular weight excluding hydrogens is 218 g/mol. The van der Waals surface area contributed by atoms with Gasteiger partial charge in [-0.3, -0.25) is 0 Å². The minimum atomic E-state index is 0.325. The molecule has 0 aliphatic carbocycles. The van der Waals surface area contributed by atoms with Crippen LogP contribution in [0.1, 0.15) is 18.9 Å². The first kappa shape index (κ1) is 12.2. The van der Waals surface area contributed by atoms with Gasteiger partial charge in [0.1, 0.15) is 0 Å². The summed E-state index contributed by atoms with van der Waals surface area (Å²) in [5.41, 5.74) is 1.14. The summed E-state index contributed by atoms with van der Waals surface area (Å²) in [7, 11) is 1.72. The standard InChI is InChI=1S/C13H19NO3/c1-10(6-7-15-2)14-8-11-4-3-5-12-13(11)17-9-16-12/h3-5,10,14H,6-9H2,1-2H3. The number of methoxy groups -OCH3 is 1. The highest BCUT2D eigenvalue weighted by atomic mass is 16.7. The van der Waals surface area contributed by atoms with E-state index in [0.29, 0.717) is 12.8 Å². The zero-order chi connectivity index (χ0) is 12.1. The topological polar surface area (TPSA) is 39.7 Å². The molecule has 1 atom stereocenters. The van der Waals surface area contributed by atoms with Crippen molar-refractivity contribution >= 4 is 0 Å². The first-order valence-corrected chi connectivity index (χ1v) is 5.91. The maximum Gasteiger partial charge on any atom is 0.231 e. The van der Waals surface area contributed by atoms with Gasteiger partial charge in [0.25, 0.3) is 0 Å². The summed E-state index contributed by atoms with van der Waals surface area (Å²) in [6.45, 7) is 4.04. The van der Waals surface area contributed by atoms with Crippen molar-refractivity contribution in [1.29, 1.82) is 0 Å². The van der Waals surface area contributed by atoms with Crippen LogP contribution in [0, 0.1) is 0 Å². The number of hydrogen-bond acceptors (Lipinski definition) is 4. The van der Waals surface area contributed by atoms with Gasteiger partial charge >= 0.3 is 0 Å². The Bertz CT molecular complexity index is 368. The largest absolute Gasteiger partial charge is 0.454 e. The van der Waals surface area contributed by atoms with E-state index in [-0.39, 0.29) is 0 Å². The minimum absolute atomic E-state index is 0.325. The molecule has 1 N–H and O–H groups in total. The SMILES string of the molecule is COCCC(C)NCc1cccc2c1OCO2. The van der Waals surface area contributed by atoms with E-state index < -0.39 is 0 Å². The Kier molecular flexibility index (Phi) is 4.23. The van der Waals surface area contributed by atoms with Gasteiger partial charge in [-0.25, -0.2) is 0 Å². The predicted octanol–water partition coefficient (Wildman–Crippen LogP) is 1.93. The summed E-state index contributed by atoms with van der Waals surface area (Å²) >= 11 is 0. The van der Waals surface area contributed by atoms with Crippen LogP contribution in [0.25, 0.3) is 0 Å². The fraction of sp³-hybridized carbons (Fsp3) is 0.538. The van der Waals surface area contributed by atoms with E-state index in [1.165, 1.54) is 0 Å². The van der Waals surface area contributed by atoms with Gasteiger partial charge in [-0.05, 0) is 19.4 Å². The Morgan fingerprint density at radius 2 is 2.29 bits per heavy atom. The third-order valence-corrected chi connectivity index (χ3v) is 2.87. The Morgan fingerprint density at radius 3 is 3.12 bits per heavy atom. The van der Waals surface area contributed by atoms with E-state index in [9.17, 15) is 0 Å². The van der Waals surface area contributed by atoms with Gasteiger partial charge in [-0.15, -0.1) is 0 Å². The van der Waals surface area contributed by atoms with Gasteiger partial charge in [0, 0.05) is 31.9 Å². The lowest BCUT2D eigenvalue weighted by molar-refractivity contribution is 0.173. The Hall–Kier alpha value is -1.26. The van der Waals surface area contributed by atoms with Crippen LogP contribution < -0.4 is 14.8 Å². The smallest absolute Gasteiger partial charge is 0.231 e. The van der Waals surface area contributed by atoms with Crippen LogP contribution in [0.2, 0.25) is 0 Å². The number of fused-ring (bicyclic) bond motifs is 1. The molecular formula is C13H19NO3. The molecule has 0 bridgehead atoms. The van der Waals surface area contributed by atoms with Crippen molar-refractivity contribution in [3.63, 3.8) is 0 Å². The van der Waals surface area contributed by atoms with Crippen LogP contribution in [-0.2, 0) is 11.3 Å². The molecule has 0 spiro atoms. The van der Waals surface area contributed by atoms with Crippen LogP contribution in [0.15, 0.2) is 18.2 Å². The molecule has 1 aromatic rings. The fourth-order valence-electron chi connectivity index (χ4n) is 1.81. The number of ether oxygens (including phenoxy) is 3. The second-order valence-electron chi connectivity index (χ2n) is 4.21. The summed E-state index contributed by atoms with van der Waals surface area (Å²) < 4.78 is 15.9. The van der Waals surface area contributed by atoms with Gasteiger partial charge in [0.2, 0.25) is 6.79 Å². The molecule has 1 aliphatic rings. The van der Waals surface area contributed by atoms with Gasteiger partial charge in [-0.1, -0.05) is 12.1 Å². The second kappa shape index (κ2) is 5.89. The van der Waals surface area contributed by atoms with Crippen LogP contribution in [-0.4, -0.2) is 26.6 Å². The highest BCUT2D eigenvalue weighted by Gasteiger charge is 2.17. The third kappa shape index (κ3) is 3.11. The minimum Gasteiger partial charge on any atom is -0.454 e. The van der Waals surface area contributed by atoms with E-state index in [0.717, 1.165) is 36.6 Å². The van der Waals surface area contributed by atoms with E-state index in [4.69, 9.17) is 14.2 Å². The number of benzene rings is 1. The number of nitrogens with one attached hydrogen (secondary N) is 1. The van der Waals surface area contributed by atoms with E-state index >= 15 is 0 Å². The van der Waals surface area contributed by atoms with Crippen LogP contribution >= 0.6 is 0 Å². The van der Waals surface area contributed by atoms with E-state index in [1.807, 2.05) is 12.1 Å². The van der Waals surface area contributed by atoms with Gasteiger partial charge < -0.3 is 19.5 Å². The van der Waals surface area contributed by atoms with Crippen molar-refractivity contribution in [2.75, 3.05) is 20.5 Å². The van der Waals surface area contributed by atoms with Crippen molar-refractivity contribution in [3.05, 3.63) is 23.8 Å². The normalized spacial score (nSPS) is 14.9. The fourth-order valence-corrected chi connectivity index (χ4v) is 1.81. The molecule has 1 aromatic carbocycles. The summed E-state index contributed by atoms with van der Waals surface area (Å²) in [4.78, 5) is 0. The quantitative estimate of drug-likeness (QED) is 0.820. The summed E-state index contributed by atoms with van der Waals surface area (Å²) in [5.74, 6) is 1.72. The molecule has 4 heteroatoms. The predicted molar refractivity (Wildman–Crippen MR) is 65.4 cm³/mol. The first-order chi connectivity index (χ1) is 8.31. The zero-order valence-electron chi connectivity index (χ0n) is 10.4. The van der Waals surface area contributed by atoms with Crippen molar-refractivity contribution in [2.45, 2.75) is 25.9 Å². The molecule has 0 saturated heterocycles. The third-order valence-electron chi connectivity index (χ3n) is 2.87. The highest BCUT2D eigenvalue weighted by Crippen LogP contribution is 2.35. The lowest BCUT2D eigenvalue weighted by atomic mass is 10.1. The monoisotopic (exact) mass is 237 g/mol. The molecule has 94 valence electrons.